The van der Waals surface area contributed by atoms with Crippen molar-refractivity contribution in [3.63, 3.8) is 0 Å². The topological polar surface area (TPSA) is 106 Å². The summed E-state index contributed by atoms with van der Waals surface area (Å²) >= 11 is 1.60. The zero-order valence-corrected chi connectivity index (χ0v) is 13.8. The Labute approximate surface area is 142 Å². The molecule has 0 atom stereocenters. The zero-order chi connectivity index (χ0) is 17.0. The smallest absolute Gasteiger partial charge is 0.305 e. The number of carbonyl (C=O) groups is 2. The Bertz CT molecular complexity index is 707. The minimum absolute atomic E-state index is 0.133. The van der Waals surface area contributed by atoms with Gasteiger partial charge in [0.1, 0.15) is 0 Å². The number of carbonyl (C=O) groups excluding carboxylic acids is 1. The Kier molecular flexibility index (Phi) is 4.91. The second-order valence-corrected chi connectivity index (χ2v) is 6.83. The molecule has 8 nitrogen and oxygen atoms in total. The van der Waals surface area contributed by atoms with E-state index >= 15 is 0 Å². The van der Waals surface area contributed by atoms with Crippen LogP contribution in [0.15, 0.2) is 23.7 Å². The Morgan fingerprint density at radius 3 is 2.88 bits per heavy atom. The van der Waals surface area contributed by atoms with Crippen LogP contribution < -0.4 is 5.32 Å². The first-order chi connectivity index (χ1) is 11.6. The molecule has 1 saturated heterocycles. The molecule has 0 saturated carbocycles. The van der Waals surface area contributed by atoms with Gasteiger partial charge in [0, 0.05) is 18.1 Å². The molecule has 1 amide bonds. The fraction of sp³-hybridized carbons (Fsp3) is 0.467. The van der Waals surface area contributed by atoms with Crippen molar-refractivity contribution in [3.8, 4) is 0 Å². The lowest BCUT2D eigenvalue weighted by Gasteiger charge is -2.36. The predicted molar refractivity (Wildman–Crippen MR) is 85.9 cm³/mol. The number of nitrogens with zero attached hydrogens (tertiary/aromatic N) is 3. The van der Waals surface area contributed by atoms with Crippen LogP contribution in [-0.2, 0) is 16.1 Å². The number of nitrogens with one attached hydrogen (secondary N) is 1. The first kappa shape index (κ1) is 16.6. The highest BCUT2D eigenvalue weighted by Crippen LogP contribution is 2.25. The van der Waals surface area contributed by atoms with Gasteiger partial charge in [0.2, 0.25) is 0 Å². The SMILES string of the molecule is O=C(O)CC1(NC(=O)c2cn(Cc3cccs3)nn2)CCOCC1. The van der Waals surface area contributed by atoms with E-state index in [1.807, 2.05) is 17.5 Å². The molecule has 3 heterocycles. The molecule has 9 heteroatoms. The Morgan fingerprint density at radius 1 is 1.42 bits per heavy atom. The molecule has 2 aromatic rings. The Balaban J connectivity index is 1.68. The van der Waals surface area contributed by atoms with Crippen molar-refractivity contribution >= 4 is 23.2 Å². The molecule has 3 rings (SSSR count). The Morgan fingerprint density at radius 2 is 2.21 bits per heavy atom. The van der Waals surface area contributed by atoms with Gasteiger partial charge >= 0.3 is 5.97 Å². The monoisotopic (exact) mass is 350 g/mol. The van der Waals surface area contributed by atoms with E-state index in [0.717, 1.165) is 4.88 Å². The second kappa shape index (κ2) is 7.10. The van der Waals surface area contributed by atoms with Crippen LogP contribution in [0, 0.1) is 0 Å². The average Bonchev–Trinajstić information content (AvgIpc) is 3.19. The van der Waals surface area contributed by atoms with Gasteiger partial charge in [-0.05, 0) is 24.3 Å². The maximum Gasteiger partial charge on any atom is 0.305 e. The van der Waals surface area contributed by atoms with Crippen molar-refractivity contribution in [2.24, 2.45) is 0 Å². The lowest BCUT2D eigenvalue weighted by Crippen LogP contribution is -2.53. The van der Waals surface area contributed by atoms with E-state index in [0.29, 0.717) is 32.6 Å². The highest BCUT2D eigenvalue weighted by atomic mass is 32.1. The molecule has 2 aromatic heterocycles. The molecular weight excluding hydrogens is 332 g/mol. The minimum Gasteiger partial charge on any atom is -0.481 e. The van der Waals surface area contributed by atoms with Crippen molar-refractivity contribution in [3.05, 3.63) is 34.3 Å². The molecule has 0 bridgehead atoms. The zero-order valence-electron chi connectivity index (χ0n) is 13.0. The summed E-state index contributed by atoms with van der Waals surface area (Å²) in [7, 11) is 0. The summed E-state index contributed by atoms with van der Waals surface area (Å²) in [6.07, 6.45) is 2.37. The number of rotatable bonds is 6. The molecule has 0 unspecified atom stereocenters. The van der Waals surface area contributed by atoms with Crippen LogP contribution in [0.25, 0.3) is 0 Å². The van der Waals surface area contributed by atoms with Gasteiger partial charge in [0.05, 0.1) is 24.7 Å². The predicted octanol–water partition coefficient (Wildman–Crippen LogP) is 1.14. The third kappa shape index (κ3) is 3.98. The van der Waals surface area contributed by atoms with Gasteiger partial charge in [0.15, 0.2) is 5.69 Å². The van der Waals surface area contributed by atoms with Crippen molar-refractivity contribution in [2.45, 2.75) is 31.3 Å². The first-order valence-electron chi connectivity index (χ1n) is 7.61. The van der Waals surface area contributed by atoms with E-state index in [1.165, 1.54) is 0 Å². The molecular formula is C15H18N4O4S. The largest absolute Gasteiger partial charge is 0.481 e. The van der Waals surface area contributed by atoms with E-state index in [9.17, 15) is 9.59 Å². The molecule has 0 radical (unpaired) electrons. The fourth-order valence-electron chi connectivity index (χ4n) is 2.74. The summed E-state index contributed by atoms with van der Waals surface area (Å²) < 4.78 is 6.87. The number of hydrogen-bond acceptors (Lipinski definition) is 6. The first-order valence-corrected chi connectivity index (χ1v) is 8.49. The summed E-state index contributed by atoms with van der Waals surface area (Å²) in [4.78, 5) is 24.7. The van der Waals surface area contributed by atoms with Crippen LogP contribution in [0.4, 0.5) is 0 Å². The van der Waals surface area contributed by atoms with Gasteiger partial charge in [-0.25, -0.2) is 4.68 Å². The van der Waals surface area contributed by atoms with Gasteiger partial charge in [-0.15, -0.1) is 16.4 Å². The van der Waals surface area contributed by atoms with E-state index in [1.54, 1.807) is 22.2 Å². The third-order valence-electron chi connectivity index (χ3n) is 3.99. The molecule has 1 fully saturated rings. The fourth-order valence-corrected chi connectivity index (χ4v) is 3.44. The number of ether oxygens (including phenoxy) is 1. The molecule has 0 spiro atoms. The maximum absolute atomic E-state index is 12.5. The van der Waals surface area contributed by atoms with Crippen LogP contribution in [0.1, 0.15) is 34.6 Å². The van der Waals surface area contributed by atoms with Crippen molar-refractivity contribution < 1.29 is 19.4 Å². The summed E-state index contributed by atoms with van der Waals surface area (Å²) in [5, 5.41) is 21.8. The van der Waals surface area contributed by atoms with Gasteiger partial charge in [-0.2, -0.15) is 0 Å². The molecule has 1 aliphatic heterocycles. The number of amides is 1. The number of aliphatic carboxylic acids is 1. The lowest BCUT2D eigenvalue weighted by atomic mass is 9.86. The van der Waals surface area contributed by atoms with Crippen molar-refractivity contribution in [2.75, 3.05) is 13.2 Å². The van der Waals surface area contributed by atoms with Gasteiger partial charge in [-0.1, -0.05) is 11.3 Å². The number of aromatic nitrogens is 3. The highest BCUT2D eigenvalue weighted by Gasteiger charge is 2.37. The van der Waals surface area contributed by atoms with Crippen LogP contribution in [0.5, 0.6) is 0 Å². The third-order valence-corrected chi connectivity index (χ3v) is 4.85. The quantitative estimate of drug-likeness (QED) is 0.809. The number of thiophene rings is 1. The standard InChI is InChI=1S/C15H18N4O4S/c20-13(21)8-15(3-5-23-6-4-15)16-14(22)12-10-19(18-17-12)9-11-2-1-7-24-11/h1-2,7,10H,3-6,8-9H2,(H,16,22)(H,20,21). The van der Waals surface area contributed by atoms with Crippen LogP contribution >= 0.6 is 11.3 Å². The molecule has 0 aromatic carbocycles. The van der Waals surface area contributed by atoms with E-state index in [2.05, 4.69) is 15.6 Å². The van der Waals surface area contributed by atoms with E-state index < -0.39 is 17.4 Å². The summed E-state index contributed by atoms with van der Waals surface area (Å²) in [6, 6.07) is 3.93. The number of carboxylic acids is 1. The number of carboxylic acid groups (broad SMARTS) is 1. The van der Waals surface area contributed by atoms with Gasteiger partial charge in [0.25, 0.3) is 5.91 Å². The second-order valence-electron chi connectivity index (χ2n) is 5.80. The maximum atomic E-state index is 12.5. The van der Waals surface area contributed by atoms with Crippen molar-refractivity contribution in [1.82, 2.24) is 20.3 Å². The molecule has 24 heavy (non-hydrogen) atoms. The van der Waals surface area contributed by atoms with Gasteiger partial charge < -0.3 is 15.2 Å². The van der Waals surface area contributed by atoms with Gasteiger partial charge in [-0.3, -0.25) is 9.59 Å². The van der Waals surface area contributed by atoms with Crippen LogP contribution in [0.3, 0.4) is 0 Å². The summed E-state index contributed by atoms with van der Waals surface area (Å²) in [5.74, 6) is -1.35. The molecule has 128 valence electrons. The van der Waals surface area contributed by atoms with E-state index in [-0.39, 0.29) is 12.1 Å². The molecule has 1 aliphatic rings. The van der Waals surface area contributed by atoms with E-state index in [4.69, 9.17) is 9.84 Å². The summed E-state index contributed by atoms with van der Waals surface area (Å²) in [5.41, 5.74) is -0.610. The average molecular weight is 350 g/mol. The summed E-state index contributed by atoms with van der Waals surface area (Å²) in [6.45, 7) is 1.41. The van der Waals surface area contributed by atoms with Crippen LogP contribution in [0.2, 0.25) is 0 Å². The van der Waals surface area contributed by atoms with Crippen molar-refractivity contribution in [1.29, 1.82) is 0 Å². The number of hydrogen-bond donors (Lipinski definition) is 2. The Hall–Kier alpha value is -2.26. The highest BCUT2D eigenvalue weighted by molar-refractivity contribution is 7.09. The normalized spacial score (nSPS) is 16.7. The van der Waals surface area contributed by atoms with Crippen LogP contribution in [-0.4, -0.2) is 50.7 Å². The molecule has 2 N–H and O–H groups in total. The molecule has 0 aliphatic carbocycles. The minimum atomic E-state index is -0.946. The lowest BCUT2D eigenvalue weighted by molar-refractivity contribution is -0.139.